The van der Waals surface area contributed by atoms with Gasteiger partial charge in [-0.15, -0.1) is 11.3 Å². The summed E-state index contributed by atoms with van der Waals surface area (Å²) in [4.78, 5) is 14.1. The van der Waals surface area contributed by atoms with Gasteiger partial charge >= 0.3 is 5.63 Å². The number of benzene rings is 2. The number of fused-ring (bicyclic) bond motifs is 1. The second kappa shape index (κ2) is 5.28. The van der Waals surface area contributed by atoms with E-state index in [-0.39, 0.29) is 5.63 Å². The van der Waals surface area contributed by atoms with Crippen LogP contribution in [-0.4, -0.2) is 0 Å². The Labute approximate surface area is 131 Å². The molecule has 0 aliphatic rings. The van der Waals surface area contributed by atoms with Gasteiger partial charge < -0.3 is 4.42 Å². The first-order valence-electron chi connectivity index (χ1n) is 7.00. The van der Waals surface area contributed by atoms with E-state index in [0.29, 0.717) is 5.58 Å². The normalized spacial score (nSPS) is 10.9. The van der Waals surface area contributed by atoms with Gasteiger partial charge in [-0.3, -0.25) is 0 Å². The molecule has 106 valence electrons. The maximum absolute atomic E-state index is 11.8. The Hall–Kier alpha value is -2.65. The van der Waals surface area contributed by atoms with Crippen LogP contribution in [0.1, 0.15) is 0 Å². The van der Waals surface area contributed by atoms with Gasteiger partial charge in [0.15, 0.2) is 0 Å². The quantitative estimate of drug-likeness (QED) is 0.477. The topological polar surface area (TPSA) is 30.2 Å². The SMILES string of the molecule is O=c1cc(-c2ccc(-c3ccccc3)s2)c2ccccc2o1. The fourth-order valence-electron chi connectivity index (χ4n) is 2.56. The van der Waals surface area contributed by atoms with Crippen LogP contribution in [0.4, 0.5) is 0 Å². The zero-order valence-electron chi connectivity index (χ0n) is 11.7. The third kappa shape index (κ3) is 2.26. The predicted molar refractivity (Wildman–Crippen MR) is 91.2 cm³/mol. The Kier molecular flexibility index (Phi) is 3.13. The molecule has 0 fully saturated rings. The van der Waals surface area contributed by atoms with Crippen molar-refractivity contribution in [3.05, 3.63) is 83.2 Å². The summed E-state index contributed by atoms with van der Waals surface area (Å²) in [5.74, 6) is 0. The highest BCUT2D eigenvalue weighted by Crippen LogP contribution is 2.36. The van der Waals surface area contributed by atoms with E-state index in [1.807, 2.05) is 42.5 Å². The minimum absolute atomic E-state index is 0.316. The van der Waals surface area contributed by atoms with Gasteiger partial charge in [-0.2, -0.15) is 0 Å². The number of para-hydroxylation sites is 1. The molecule has 0 saturated carbocycles. The number of rotatable bonds is 2. The van der Waals surface area contributed by atoms with Crippen LogP contribution in [-0.2, 0) is 0 Å². The van der Waals surface area contributed by atoms with E-state index in [9.17, 15) is 4.79 Å². The second-order valence-electron chi connectivity index (χ2n) is 5.01. The fourth-order valence-corrected chi connectivity index (χ4v) is 3.60. The van der Waals surface area contributed by atoms with Gasteiger partial charge in [-0.05, 0) is 23.8 Å². The average Bonchev–Trinajstić information content (AvgIpc) is 3.05. The zero-order valence-corrected chi connectivity index (χ0v) is 12.5. The van der Waals surface area contributed by atoms with E-state index >= 15 is 0 Å². The van der Waals surface area contributed by atoms with Crippen LogP contribution in [0.2, 0.25) is 0 Å². The molecular weight excluding hydrogens is 292 g/mol. The molecule has 0 unspecified atom stereocenters. The van der Waals surface area contributed by atoms with Crippen LogP contribution in [0.3, 0.4) is 0 Å². The lowest BCUT2D eigenvalue weighted by Gasteiger charge is -2.02. The van der Waals surface area contributed by atoms with E-state index in [2.05, 4.69) is 24.3 Å². The molecule has 2 aromatic carbocycles. The van der Waals surface area contributed by atoms with Crippen molar-refractivity contribution in [3.8, 4) is 20.9 Å². The minimum Gasteiger partial charge on any atom is -0.423 e. The van der Waals surface area contributed by atoms with E-state index in [4.69, 9.17) is 4.42 Å². The maximum Gasteiger partial charge on any atom is 0.336 e. The molecule has 0 aliphatic heterocycles. The molecule has 0 saturated heterocycles. The lowest BCUT2D eigenvalue weighted by molar-refractivity contribution is 0.561. The molecule has 0 amide bonds. The zero-order chi connectivity index (χ0) is 14.9. The van der Waals surface area contributed by atoms with Crippen molar-refractivity contribution in [1.82, 2.24) is 0 Å². The van der Waals surface area contributed by atoms with Crippen molar-refractivity contribution < 1.29 is 4.42 Å². The maximum atomic E-state index is 11.8. The standard InChI is InChI=1S/C19H12O2S/c20-19-12-15(14-8-4-5-9-16(14)21-19)18-11-10-17(22-18)13-6-2-1-3-7-13/h1-12H. The van der Waals surface area contributed by atoms with Gasteiger partial charge in [-0.1, -0.05) is 48.5 Å². The summed E-state index contributed by atoms with van der Waals surface area (Å²) in [6.07, 6.45) is 0. The monoisotopic (exact) mass is 304 g/mol. The first-order valence-corrected chi connectivity index (χ1v) is 7.81. The van der Waals surface area contributed by atoms with Crippen molar-refractivity contribution in [2.45, 2.75) is 0 Å². The lowest BCUT2D eigenvalue weighted by atomic mass is 10.1. The van der Waals surface area contributed by atoms with E-state index in [1.54, 1.807) is 17.4 Å². The molecule has 0 spiro atoms. The van der Waals surface area contributed by atoms with Crippen molar-refractivity contribution >= 4 is 22.3 Å². The lowest BCUT2D eigenvalue weighted by Crippen LogP contribution is -1.97. The van der Waals surface area contributed by atoms with Gasteiger partial charge in [0, 0.05) is 26.8 Å². The molecule has 2 aromatic heterocycles. The van der Waals surface area contributed by atoms with Crippen LogP contribution >= 0.6 is 11.3 Å². The van der Waals surface area contributed by atoms with E-state index < -0.39 is 0 Å². The Balaban J connectivity index is 1.90. The molecule has 0 bridgehead atoms. The summed E-state index contributed by atoms with van der Waals surface area (Å²) in [7, 11) is 0. The van der Waals surface area contributed by atoms with E-state index in [1.165, 1.54) is 10.4 Å². The Morgan fingerprint density at radius 3 is 2.36 bits per heavy atom. The van der Waals surface area contributed by atoms with Crippen LogP contribution in [0.15, 0.2) is 82.0 Å². The molecule has 22 heavy (non-hydrogen) atoms. The van der Waals surface area contributed by atoms with Gasteiger partial charge in [-0.25, -0.2) is 4.79 Å². The molecule has 4 aromatic rings. The molecule has 0 atom stereocenters. The molecule has 3 heteroatoms. The number of hydrogen-bond acceptors (Lipinski definition) is 3. The fraction of sp³-hybridized carbons (Fsp3) is 0. The first-order chi connectivity index (χ1) is 10.8. The van der Waals surface area contributed by atoms with Crippen LogP contribution < -0.4 is 5.63 Å². The summed E-state index contributed by atoms with van der Waals surface area (Å²) in [5.41, 5.74) is 2.42. The summed E-state index contributed by atoms with van der Waals surface area (Å²) in [5, 5.41) is 0.962. The largest absolute Gasteiger partial charge is 0.423 e. The van der Waals surface area contributed by atoms with Gasteiger partial charge in [0.05, 0.1) is 0 Å². The highest BCUT2D eigenvalue weighted by atomic mass is 32.1. The minimum atomic E-state index is -0.316. The van der Waals surface area contributed by atoms with Crippen LogP contribution in [0, 0.1) is 0 Å². The van der Waals surface area contributed by atoms with Gasteiger partial charge in [0.1, 0.15) is 5.58 Å². The van der Waals surface area contributed by atoms with Crippen LogP contribution in [0.25, 0.3) is 31.9 Å². The number of hydrogen-bond donors (Lipinski definition) is 0. The number of thiophene rings is 1. The van der Waals surface area contributed by atoms with Gasteiger partial charge in [0.25, 0.3) is 0 Å². The summed E-state index contributed by atoms with van der Waals surface area (Å²) < 4.78 is 5.26. The Morgan fingerprint density at radius 1 is 0.773 bits per heavy atom. The summed E-state index contributed by atoms with van der Waals surface area (Å²) in [6, 6.07) is 23.6. The molecule has 0 aliphatic carbocycles. The summed E-state index contributed by atoms with van der Waals surface area (Å²) >= 11 is 1.68. The van der Waals surface area contributed by atoms with Crippen molar-refractivity contribution in [2.24, 2.45) is 0 Å². The molecule has 2 heterocycles. The molecule has 4 rings (SSSR count). The highest BCUT2D eigenvalue weighted by molar-refractivity contribution is 7.18. The molecule has 2 nitrogen and oxygen atoms in total. The molecule has 0 radical (unpaired) electrons. The van der Waals surface area contributed by atoms with E-state index in [0.717, 1.165) is 15.8 Å². The van der Waals surface area contributed by atoms with Crippen molar-refractivity contribution in [1.29, 1.82) is 0 Å². The van der Waals surface area contributed by atoms with Crippen molar-refractivity contribution in [2.75, 3.05) is 0 Å². The smallest absolute Gasteiger partial charge is 0.336 e. The first kappa shape index (κ1) is 13.0. The third-order valence-electron chi connectivity index (χ3n) is 3.58. The Bertz CT molecular complexity index is 997. The molecular formula is C19H12O2S. The second-order valence-corrected chi connectivity index (χ2v) is 6.09. The van der Waals surface area contributed by atoms with Crippen molar-refractivity contribution in [3.63, 3.8) is 0 Å². The van der Waals surface area contributed by atoms with Crippen LogP contribution in [0.5, 0.6) is 0 Å². The summed E-state index contributed by atoms with van der Waals surface area (Å²) in [6.45, 7) is 0. The average molecular weight is 304 g/mol. The Morgan fingerprint density at radius 2 is 1.50 bits per heavy atom. The highest BCUT2D eigenvalue weighted by Gasteiger charge is 2.10. The third-order valence-corrected chi connectivity index (χ3v) is 4.75. The van der Waals surface area contributed by atoms with Gasteiger partial charge in [0.2, 0.25) is 0 Å². The molecule has 0 N–H and O–H groups in total. The predicted octanol–water partition coefficient (Wildman–Crippen LogP) is 5.19.